The molecular formula is C38H84N2+2. The molecule has 0 saturated heterocycles. The molecule has 2 nitrogen and oxygen atoms in total. The summed E-state index contributed by atoms with van der Waals surface area (Å²) in [5.74, 6) is 0. The minimum atomic E-state index is 1.12. The molecule has 0 aliphatic carbocycles. The van der Waals surface area contributed by atoms with E-state index in [0.717, 1.165) is 8.97 Å². The van der Waals surface area contributed by atoms with Gasteiger partial charge in [0.05, 0.1) is 55.4 Å². The van der Waals surface area contributed by atoms with Crippen LogP contribution in [0.3, 0.4) is 0 Å². The molecule has 0 aliphatic heterocycles. The standard InChI is InChI=1S/2C19H42N/c2*1-5-6-7-8-9-10-11-12-13-14-15-16-17-18-19-20(2,3)4/h2*5-19H2,1-4H3/q2*+1. The van der Waals surface area contributed by atoms with Crippen molar-refractivity contribution in [2.24, 2.45) is 0 Å². The van der Waals surface area contributed by atoms with Crippen molar-refractivity contribution in [3.63, 3.8) is 0 Å². The first-order valence-electron chi connectivity index (χ1n) is 18.7. The molecule has 0 N–H and O–H groups in total. The highest BCUT2D eigenvalue weighted by Gasteiger charge is 2.06. The second-order valence-electron chi connectivity index (χ2n) is 15.2. The second kappa shape index (κ2) is 31.8. The number of hydrogen-bond donors (Lipinski definition) is 0. The molecule has 0 fully saturated rings. The molecule has 0 bridgehead atoms. The highest BCUT2D eigenvalue weighted by Crippen LogP contribution is 2.14. The van der Waals surface area contributed by atoms with E-state index in [4.69, 9.17) is 0 Å². The number of hydrogen-bond acceptors (Lipinski definition) is 0. The van der Waals surface area contributed by atoms with Crippen molar-refractivity contribution in [1.82, 2.24) is 0 Å². The molecule has 0 aromatic carbocycles. The molecule has 0 aromatic heterocycles. The summed E-state index contributed by atoms with van der Waals surface area (Å²) < 4.78 is 2.25. The van der Waals surface area contributed by atoms with Gasteiger partial charge in [-0.15, -0.1) is 0 Å². The second-order valence-corrected chi connectivity index (χ2v) is 15.2. The lowest BCUT2D eigenvalue weighted by molar-refractivity contribution is -0.870. The zero-order valence-electron chi connectivity index (χ0n) is 30.1. The molecule has 0 atom stereocenters. The Morgan fingerprint density at radius 3 is 0.525 bits per heavy atom. The van der Waals surface area contributed by atoms with E-state index >= 15 is 0 Å². The maximum atomic E-state index is 2.29. The molecule has 0 spiro atoms. The Morgan fingerprint density at radius 2 is 0.375 bits per heavy atom. The van der Waals surface area contributed by atoms with Crippen LogP contribution in [0.15, 0.2) is 0 Å². The fourth-order valence-electron chi connectivity index (χ4n) is 5.56. The van der Waals surface area contributed by atoms with Crippen molar-refractivity contribution < 1.29 is 8.97 Å². The fourth-order valence-corrected chi connectivity index (χ4v) is 5.56. The van der Waals surface area contributed by atoms with Gasteiger partial charge in [0.15, 0.2) is 0 Å². The normalized spacial score (nSPS) is 12.0. The first-order valence-corrected chi connectivity index (χ1v) is 18.7. The lowest BCUT2D eigenvalue weighted by Crippen LogP contribution is -2.35. The molecule has 0 heterocycles. The van der Waals surface area contributed by atoms with Gasteiger partial charge >= 0.3 is 0 Å². The third-order valence-electron chi connectivity index (χ3n) is 8.36. The highest BCUT2D eigenvalue weighted by molar-refractivity contribution is 4.50. The Morgan fingerprint density at radius 1 is 0.225 bits per heavy atom. The van der Waals surface area contributed by atoms with Gasteiger partial charge in [-0.1, -0.05) is 168 Å². The van der Waals surface area contributed by atoms with Crippen molar-refractivity contribution in [1.29, 1.82) is 0 Å². The smallest absolute Gasteiger partial charge is 0.0780 e. The lowest BCUT2D eigenvalue weighted by atomic mass is 10.0. The SMILES string of the molecule is CCCCCCCCCCCCCCCC[N+](C)(C)C.CCCCCCCCCCCCCCCC[N+](C)(C)C. The summed E-state index contributed by atoms with van der Waals surface area (Å²) in [5.41, 5.74) is 0. The Hall–Kier alpha value is -0.0800. The Bertz CT molecular complexity index is 403. The molecular weight excluding hydrogens is 484 g/mol. The summed E-state index contributed by atoms with van der Waals surface area (Å²) >= 11 is 0. The zero-order chi connectivity index (χ0) is 30.2. The molecule has 40 heavy (non-hydrogen) atoms. The molecule has 0 amide bonds. The van der Waals surface area contributed by atoms with Crippen molar-refractivity contribution in [3.8, 4) is 0 Å². The van der Waals surface area contributed by atoms with Crippen molar-refractivity contribution in [2.45, 2.75) is 194 Å². The van der Waals surface area contributed by atoms with Gasteiger partial charge in [-0.25, -0.2) is 0 Å². The summed E-state index contributed by atoms with van der Waals surface area (Å²) in [6, 6.07) is 0. The van der Waals surface area contributed by atoms with E-state index in [-0.39, 0.29) is 0 Å². The first-order chi connectivity index (χ1) is 19.1. The van der Waals surface area contributed by atoms with E-state index in [2.05, 4.69) is 56.1 Å². The fraction of sp³-hybridized carbons (Fsp3) is 1.00. The van der Waals surface area contributed by atoms with Gasteiger partial charge in [0.2, 0.25) is 0 Å². The topological polar surface area (TPSA) is 0 Å². The molecule has 0 rings (SSSR count). The maximum absolute atomic E-state index is 2.29. The van der Waals surface area contributed by atoms with E-state index in [1.807, 2.05) is 0 Å². The van der Waals surface area contributed by atoms with Crippen molar-refractivity contribution in [2.75, 3.05) is 55.4 Å². The van der Waals surface area contributed by atoms with Crippen LogP contribution in [0.5, 0.6) is 0 Å². The van der Waals surface area contributed by atoms with Crippen LogP contribution in [0.4, 0.5) is 0 Å². The van der Waals surface area contributed by atoms with E-state index in [1.165, 1.54) is 193 Å². The average Bonchev–Trinajstić information content (AvgIpc) is 2.88. The monoisotopic (exact) mass is 569 g/mol. The van der Waals surface area contributed by atoms with Crippen LogP contribution < -0.4 is 0 Å². The molecule has 0 radical (unpaired) electrons. The van der Waals surface area contributed by atoms with E-state index in [1.54, 1.807) is 0 Å². The zero-order valence-corrected chi connectivity index (χ0v) is 30.1. The Labute approximate surface area is 257 Å². The minimum absolute atomic E-state index is 1.12. The van der Waals surface area contributed by atoms with Crippen LogP contribution in [0.1, 0.15) is 194 Å². The van der Waals surface area contributed by atoms with Gasteiger partial charge in [0, 0.05) is 0 Å². The van der Waals surface area contributed by atoms with Gasteiger partial charge in [-0.3, -0.25) is 0 Å². The van der Waals surface area contributed by atoms with Gasteiger partial charge in [0.1, 0.15) is 0 Å². The third-order valence-corrected chi connectivity index (χ3v) is 8.36. The summed E-state index contributed by atoms with van der Waals surface area (Å²) in [5, 5.41) is 0. The van der Waals surface area contributed by atoms with Crippen LogP contribution in [-0.4, -0.2) is 64.3 Å². The van der Waals surface area contributed by atoms with E-state index in [9.17, 15) is 0 Å². The molecule has 244 valence electrons. The van der Waals surface area contributed by atoms with E-state index in [0.29, 0.717) is 0 Å². The van der Waals surface area contributed by atoms with Crippen molar-refractivity contribution >= 4 is 0 Å². The highest BCUT2D eigenvalue weighted by atomic mass is 15.3. The van der Waals surface area contributed by atoms with Crippen LogP contribution in [0.25, 0.3) is 0 Å². The maximum Gasteiger partial charge on any atom is 0.0780 e. The Kier molecular flexibility index (Phi) is 33.5. The number of nitrogens with zero attached hydrogens (tertiary/aromatic N) is 2. The van der Waals surface area contributed by atoms with Crippen LogP contribution in [0.2, 0.25) is 0 Å². The van der Waals surface area contributed by atoms with Crippen LogP contribution in [0, 0.1) is 0 Å². The quantitative estimate of drug-likeness (QED) is 0.0597. The minimum Gasteiger partial charge on any atom is -0.331 e. The van der Waals surface area contributed by atoms with Crippen LogP contribution >= 0.6 is 0 Å². The van der Waals surface area contributed by atoms with E-state index < -0.39 is 0 Å². The predicted octanol–water partition coefficient (Wildman–Crippen LogP) is 12.3. The van der Waals surface area contributed by atoms with Crippen LogP contribution in [-0.2, 0) is 0 Å². The molecule has 0 saturated carbocycles. The van der Waals surface area contributed by atoms with Gasteiger partial charge < -0.3 is 8.97 Å². The number of unbranched alkanes of at least 4 members (excludes halogenated alkanes) is 26. The molecule has 0 aliphatic rings. The van der Waals surface area contributed by atoms with Gasteiger partial charge in [-0.05, 0) is 25.7 Å². The molecule has 0 aromatic rings. The summed E-state index contributed by atoms with van der Waals surface area (Å²) in [6.07, 6.45) is 40.7. The number of rotatable bonds is 30. The third kappa shape index (κ3) is 44.9. The number of quaternary nitrogens is 2. The molecule has 0 unspecified atom stereocenters. The Balaban J connectivity index is 0. The van der Waals surface area contributed by atoms with Gasteiger partial charge in [0.25, 0.3) is 0 Å². The predicted molar refractivity (Wildman–Crippen MR) is 186 cm³/mol. The largest absolute Gasteiger partial charge is 0.331 e. The van der Waals surface area contributed by atoms with Gasteiger partial charge in [-0.2, -0.15) is 0 Å². The molecule has 2 heteroatoms. The first kappa shape index (κ1) is 42.1. The average molecular weight is 569 g/mol. The summed E-state index contributed by atoms with van der Waals surface area (Å²) in [4.78, 5) is 0. The van der Waals surface area contributed by atoms with Crippen molar-refractivity contribution in [3.05, 3.63) is 0 Å². The summed E-state index contributed by atoms with van der Waals surface area (Å²) in [6.45, 7) is 7.25. The lowest BCUT2D eigenvalue weighted by Gasteiger charge is -2.23. The summed E-state index contributed by atoms with van der Waals surface area (Å²) in [7, 11) is 13.8.